The Morgan fingerprint density at radius 2 is 2.05 bits per heavy atom. The van der Waals surface area contributed by atoms with Gasteiger partial charge in [0.2, 0.25) is 0 Å². The number of nitrogens with zero attached hydrogens (tertiary/aromatic N) is 1. The van der Waals surface area contributed by atoms with Crippen LogP contribution in [0, 0.1) is 11.3 Å². The Labute approximate surface area is 117 Å². The van der Waals surface area contributed by atoms with E-state index in [0.29, 0.717) is 5.41 Å². The normalized spacial score (nSPS) is 18.1. The van der Waals surface area contributed by atoms with Crippen LogP contribution >= 0.6 is 0 Å². The third-order valence-corrected chi connectivity index (χ3v) is 4.16. The quantitative estimate of drug-likeness (QED) is 0.825. The SMILES string of the molecule is CC(C)CC1(CNCc2ccc(N)cn2)CCCC1. The Morgan fingerprint density at radius 1 is 1.32 bits per heavy atom. The summed E-state index contributed by atoms with van der Waals surface area (Å²) < 4.78 is 0. The standard InChI is InChI=1S/C16H27N3/c1-13(2)9-16(7-3-4-8-16)12-18-11-15-6-5-14(17)10-19-15/h5-6,10,13,18H,3-4,7-9,11-12,17H2,1-2H3. The fraction of sp³-hybridized carbons (Fsp3) is 0.688. The van der Waals surface area contributed by atoms with Gasteiger partial charge in [0.25, 0.3) is 0 Å². The van der Waals surface area contributed by atoms with Crippen molar-refractivity contribution in [2.75, 3.05) is 12.3 Å². The molecule has 1 aromatic rings. The summed E-state index contributed by atoms with van der Waals surface area (Å²) in [7, 11) is 0. The molecule has 1 heterocycles. The van der Waals surface area contributed by atoms with Gasteiger partial charge in [-0.2, -0.15) is 0 Å². The molecule has 0 aromatic carbocycles. The Bertz CT molecular complexity index is 377. The third-order valence-electron chi connectivity index (χ3n) is 4.16. The number of rotatable bonds is 6. The van der Waals surface area contributed by atoms with E-state index in [2.05, 4.69) is 24.1 Å². The predicted molar refractivity (Wildman–Crippen MR) is 80.7 cm³/mol. The summed E-state index contributed by atoms with van der Waals surface area (Å²) in [5.41, 5.74) is 7.99. The molecule has 1 aromatic heterocycles. The van der Waals surface area contributed by atoms with Gasteiger partial charge in [-0.1, -0.05) is 26.7 Å². The fourth-order valence-corrected chi connectivity index (χ4v) is 3.44. The Morgan fingerprint density at radius 3 is 2.63 bits per heavy atom. The van der Waals surface area contributed by atoms with E-state index in [1.165, 1.54) is 32.1 Å². The van der Waals surface area contributed by atoms with Gasteiger partial charge in [0.1, 0.15) is 0 Å². The van der Waals surface area contributed by atoms with E-state index in [1.54, 1.807) is 6.20 Å². The zero-order valence-corrected chi connectivity index (χ0v) is 12.3. The molecule has 0 spiro atoms. The van der Waals surface area contributed by atoms with Gasteiger partial charge in [0, 0.05) is 13.1 Å². The minimum absolute atomic E-state index is 0.530. The smallest absolute Gasteiger partial charge is 0.0543 e. The lowest BCUT2D eigenvalue weighted by Gasteiger charge is -2.31. The molecule has 3 N–H and O–H groups in total. The maximum Gasteiger partial charge on any atom is 0.0543 e. The summed E-state index contributed by atoms with van der Waals surface area (Å²) in [4.78, 5) is 4.34. The highest BCUT2D eigenvalue weighted by Gasteiger charge is 2.33. The lowest BCUT2D eigenvalue weighted by molar-refractivity contribution is 0.223. The van der Waals surface area contributed by atoms with Crippen LogP contribution in [0.1, 0.15) is 51.6 Å². The van der Waals surface area contributed by atoms with Crippen molar-refractivity contribution in [1.29, 1.82) is 0 Å². The van der Waals surface area contributed by atoms with E-state index >= 15 is 0 Å². The van der Waals surface area contributed by atoms with Crippen molar-refractivity contribution < 1.29 is 0 Å². The molecule has 1 aliphatic carbocycles. The van der Waals surface area contributed by atoms with E-state index in [-0.39, 0.29) is 0 Å². The van der Waals surface area contributed by atoms with Crippen LogP contribution in [0.4, 0.5) is 5.69 Å². The molecule has 0 saturated heterocycles. The van der Waals surface area contributed by atoms with E-state index in [0.717, 1.165) is 30.4 Å². The first-order chi connectivity index (χ1) is 9.10. The van der Waals surface area contributed by atoms with E-state index in [9.17, 15) is 0 Å². The first-order valence-corrected chi connectivity index (χ1v) is 7.51. The second kappa shape index (κ2) is 6.38. The summed E-state index contributed by atoms with van der Waals surface area (Å²) in [6.45, 7) is 6.64. The van der Waals surface area contributed by atoms with E-state index < -0.39 is 0 Å². The highest BCUT2D eigenvalue weighted by atomic mass is 14.9. The summed E-state index contributed by atoms with van der Waals surface area (Å²) in [6, 6.07) is 3.93. The van der Waals surface area contributed by atoms with Gasteiger partial charge in [0.15, 0.2) is 0 Å². The average molecular weight is 261 g/mol. The van der Waals surface area contributed by atoms with Crippen molar-refractivity contribution in [3.05, 3.63) is 24.0 Å². The van der Waals surface area contributed by atoms with Gasteiger partial charge in [0.05, 0.1) is 17.6 Å². The van der Waals surface area contributed by atoms with Crippen molar-refractivity contribution in [2.24, 2.45) is 11.3 Å². The van der Waals surface area contributed by atoms with Gasteiger partial charge >= 0.3 is 0 Å². The summed E-state index contributed by atoms with van der Waals surface area (Å²) in [5.74, 6) is 0.787. The molecule has 0 bridgehead atoms. The molecule has 1 saturated carbocycles. The number of pyridine rings is 1. The lowest BCUT2D eigenvalue weighted by atomic mass is 9.78. The summed E-state index contributed by atoms with van der Waals surface area (Å²) >= 11 is 0. The predicted octanol–water partition coefficient (Wildman–Crippen LogP) is 3.36. The van der Waals surface area contributed by atoms with Crippen LogP contribution in [0.15, 0.2) is 18.3 Å². The second-order valence-electron chi connectivity index (χ2n) is 6.49. The molecule has 0 radical (unpaired) electrons. The van der Waals surface area contributed by atoms with Crippen LogP contribution in [-0.4, -0.2) is 11.5 Å². The molecule has 0 aliphatic heterocycles. The van der Waals surface area contributed by atoms with Crippen LogP contribution in [-0.2, 0) is 6.54 Å². The second-order valence-corrected chi connectivity index (χ2v) is 6.49. The molecule has 0 atom stereocenters. The molecule has 0 unspecified atom stereocenters. The van der Waals surface area contributed by atoms with Crippen LogP contribution in [0.3, 0.4) is 0 Å². The van der Waals surface area contributed by atoms with Crippen LogP contribution in [0.5, 0.6) is 0 Å². The Hall–Kier alpha value is -1.09. The first kappa shape index (κ1) is 14.3. The molecule has 1 fully saturated rings. The molecule has 1 aliphatic rings. The summed E-state index contributed by atoms with van der Waals surface area (Å²) in [5, 5.41) is 3.61. The van der Waals surface area contributed by atoms with Crippen LogP contribution < -0.4 is 11.1 Å². The molecule has 3 heteroatoms. The molecule has 3 nitrogen and oxygen atoms in total. The summed E-state index contributed by atoms with van der Waals surface area (Å²) in [6.07, 6.45) is 8.63. The highest BCUT2D eigenvalue weighted by Crippen LogP contribution is 2.42. The zero-order chi connectivity index (χ0) is 13.7. The van der Waals surface area contributed by atoms with Crippen LogP contribution in [0.2, 0.25) is 0 Å². The number of aromatic nitrogens is 1. The Kier molecular flexibility index (Phi) is 4.81. The monoisotopic (exact) mass is 261 g/mol. The number of nitrogens with one attached hydrogen (secondary N) is 1. The van der Waals surface area contributed by atoms with Crippen molar-refractivity contribution in [3.8, 4) is 0 Å². The van der Waals surface area contributed by atoms with E-state index in [4.69, 9.17) is 5.73 Å². The van der Waals surface area contributed by atoms with Crippen molar-refractivity contribution >= 4 is 5.69 Å². The van der Waals surface area contributed by atoms with Gasteiger partial charge in [-0.15, -0.1) is 0 Å². The number of nitrogen functional groups attached to an aromatic ring is 1. The van der Waals surface area contributed by atoms with E-state index in [1.807, 2.05) is 12.1 Å². The van der Waals surface area contributed by atoms with Gasteiger partial charge in [-0.05, 0) is 42.7 Å². The van der Waals surface area contributed by atoms with Gasteiger partial charge < -0.3 is 11.1 Å². The van der Waals surface area contributed by atoms with Gasteiger partial charge in [-0.3, -0.25) is 4.98 Å². The molecule has 2 rings (SSSR count). The van der Waals surface area contributed by atoms with Crippen molar-refractivity contribution in [2.45, 2.75) is 52.5 Å². The van der Waals surface area contributed by atoms with Gasteiger partial charge in [-0.25, -0.2) is 0 Å². The first-order valence-electron chi connectivity index (χ1n) is 7.51. The highest BCUT2D eigenvalue weighted by molar-refractivity contribution is 5.34. The molecular weight excluding hydrogens is 234 g/mol. The number of nitrogens with two attached hydrogens (primary N) is 1. The number of hydrogen-bond acceptors (Lipinski definition) is 3. The largest absolute Gasteiger partial charge is 0.397 e. The Balaban J connectivity index is 1.84. The number of hydrogen-bond donors (Lipinski definition) is 2. The molecule has 0 amide bonds. The fourth-order valence-electron chi connectivity index (χ4n) is 3.44. The zero-order valence-electron chi connectivity index (χ0n) is 12.3. The average Bonchev–Trinajstić information content (AvgIpc) is 2.79. The van der Waals surface area contributed by atoms with Crippen molar-refractivity contribution in [1.82, 2.24) is 10.3 Å². The lowest BCUT2D eigenvalue weighted by Crippen LogP contribution is -2.33. The van der Waals surface area contributed by atoms with Crippen LogP contribution in [0.25, 0.3) is 0 Å². The maximum atomic E-state index is 5.65. The van der Waals surface area contributed by atoms with Crippen molar-refractivity contribution in [3.63, 3.8) is 0 Å². The molecule has 106 valence electrons. The third kappa shape index (κ3) is 4.20. The minimum Gasteiger partial charge on any atom is -0.397 e. The number of anilines is 1. The maximum absolute atomic E-state index is 5.65. The molecular formula is C16H27N3. The minimum atomic E-state index is 0.530. The molecule has 19 heavy (non-hydrogen) atoms. The topological polar surface area (TPSA) is 50.9 Å².